The van der Waals surface area contributed by atoms with Crippen molar-refractivity contribution in [2.75, 3.05) is 0 Å². The van der Waals surface area contributed by atoms with E-state index in [9.17, 15) is 0 Å². The van der Waals surface area contributed by atoms with Gasteiger partial charge in [0, 0.05) is 55.5 Å². The third-order valence-corrected chi connectivity index (χ3v) is 10.1. The molecule has 0 aliphatic heterocycles. The van der Waals surface area contributed by atoms with Crippen molar-refractivity contribution in [1.82, 2.24) is 9.13 Å². The van der Waals surface area contributed by atoms with Crippen LogP contribution in [0.15, 0.2) is 156 Å². The largest absolute Gasteiger partial charge is 0.456 e. The Hall–Kier alpha value is -5.80. The Labute approximate surface area is 265 Å². The highest BCUT2D eigenvalue weighted by molar-refractivity contribution is 6.11. The zero-order chi connectivity index (χ0) is 30.4. The molecule has 0 N–H and O–H groups in total. The third-order valence-electron chi connectivity index (χ3n) is 10.1. The van der Waals surface area contributed by atoms with Crippen LogP contribution >= 0.6 is 0 Å². The van der Waals surface area contributed by atoms with Gasteiger partial charge in [0.2, 0.25) is 0 Å². The molecule has 3 nitrogen and oxygen atoms in total. The number of rotatable bonds is 3. The smallest absolute Gasteiger partial charge is 0.135 e. The van der Waals surface area contributed by atoms with Crippen LogP contribution < -0.4 is 0 Å². The molecule has 1 unspecified atom stereocenters. The summed E-state index contributed by atoms with van der Waals surface area (Å²) in [6, 6.07) is 48.2. The topological polar surface area (TPSA) is 23.0 Å². The predicted molar refractivity (Wildman–Crippen MR) is 193 cm³/mol. The van der Waals surface area contributed by atoms with Gasteiger partial charge in [0.25, 0.3) is 0 Å². The van der Waals surface area contributed by atoms with E-state index in [-0.39, 0.29) is 5.41 Å². The van der Waals surface area contributed by atoms with Crippen molar-refractivity contribution < 1.29 is 4.42 Å². The van der Waals surface area contributed by atoms with Gasteiger partial charge in [-0.15, -0.1) is 0 Å². The van der Waals surface area contributed by atoms with E-state index >= 15 is 0 Å². The number of allylic oxidation sites excluding steroid dienone is 4. The Kier molecular flexibility index (Phi) is 5.19. The molecule has 3 heterocycles. The molecule has 1 aliphatic carbocycles. The third kappa shape index (κ3) is 3.54. The van der Waals surface area contributed by atoms with Gasteiger partial charge in [-0.1, -0.05) is 97.9 Å². The lowest BCUT2D eigenvalue weighted by Gasteiger charge is -2.31. The van der Waals surface area contributed by atoms with Crippen LogP contribution in [0.1, 0.15) is 18.9 Å². The van der Waals surface area contributed by atoms with Crippen LogP contribution in [0.25, 0.3) is 76.9 Å². The molecule has 10 rings (SSSR count). The fraction of sp³-hybridized carbons (Fsp3) is 0.0698. The van der Waals surface area contributed by atoms with Crippen molar-refractivity contribution >= 4 is 71.2 Å². The van der Waals surface area contributed by atoms with E-state index in [1.807, 2.05) is 0 Å². The molecule has 0 radical (unpaired) electrons. The van der Waals surface area contributed by atoms with Crippen molar-refractivity contribution in [3.63, 3.8) is 0 Å². The van der Waals surface area contributed by atoms with Crippen LogP contribution in [-0.2, 0) is 5.41 Å². The van der Waals surface area contributed by atoms with E-state index in [1.54, 1.807) is 0 Å². The molecule has 218 valence electrons. The molecule has 6 aromatic carbocycles. The SMILES string of the molecule is CC1(c2ccc3oc4ccc(-n5c6ccccc6c6ccccc65)cc4c3c2)C=CC=C(n2c3ccccc3c3ccccc32)C1. The molecule has 46 heavy (non-hydrogen) atoms. The Morgan fingerprint density at radius 2 is 1.02 bits per heavy atom. The number of fused-ring (bicyclic) bond motifs is 9. The van der Waals surface area contributed by atoms with E-state index in [4.69, 9.17) is 4.42 Å². The summed E-state index contributed by atoms with van der Waals surface area (Å²) in [5, 5.41) is 7.40. The number of aromatic nitrogens is 2. The van der Waals surface area contributed by atoms with Crippen LogP contribution in [0.5, 0.6) is 0 Å². The number of nitrogens with zero attached hydrogens (tertiary/aromatic N) is 2. The lowest BCUT2D eigenvalue weighted by molar-refractivity contribution is 0.599. The number of hydrogen-bond acceptors (Lipinski definition) is 1. The number of benzene rings is 6. The summed E-state index contributed by atoms with van der Waals surface area (Å²) >= 11 is 0. The second kappa shape index (κ2) is 9.35. The average molecular weight is 591 g/mol. The van der Waals surface area contributed by atoms with Crippen molar-refractivity contribution in [1.29, 1.82) is 0 Å². The van der Waals surface area contributed by atoms with Crippen LogP contribution in [0, 0.1) is 0 Å². The minimum absolute atomic E-state index is 0.182. The molecular weight excluding hydrogens is 560 g/mol. The van der Waals surface area contributed by atoms with Crippen molar-refractivity contribution in [3.05, 3.63) is 157 Å². The highest BCUT2D eigenvalue weighted by atomic mass is 16.3. The molecule has 0 fully saturated rings. The summed E-state index contributed by atoms with van der Waals surface area (Å²) in [5.74, 6) is 0. The molecule has 9 aromatic rings. The summed E-state index contributed by atoms with van der Waals surface area (Å²) in [4.78, 5) is 0. The first kappa shape index (κ1) is 25.5. The summed E-state index contributed by atoms with van der Waals surface area (Å²) in [6.45, 7) is 2.36. The van der Waals surface area contributed by atoms with E-state index in [2.05, 4.69) is 168 Å². The zero-order valence-electron chi connectivity index (χ0n) is 25.4. The van der Waals surface area contributed by atoms with Crippen molar-refractivity contribution in [2.24, 2.45) is 0 Å². The molecule has 1 atom stereocenters. The maximum Gasteiger partial charge on any atom is 0.135 e. The lowest BCUT2D eigenvalue weighted by Crippen LogP contribution is -2.22. The summed E-state index contributed by atoms with van der Waals surface area (Å²) in [7, 11) is 0. The van der Waals surface area contributed by atoms with Gasteiger partial charge in [0.15, 0.2) is 0 Å². The summed E-state index contributed by atoms with van der Waals surface area (Å²) in [5.41, 5.74) is 10.3. The van der Waals surface area contributed by atoms with Crippen molar-refractivity contribution in [2.45, 2.75) is 18.8 Å². The van der Waals surface area contributed by atoms with Crippen LogP contribution in [0.4, 0.5) is 0 Å². The Morgan fingerprint density at radius 3 is 1.61 bits per heavy atom. The average Bonchev–Trinajstić information content (AvgIpc) is 3.75. The Bertz CT molecular complexity index is 2640. The monoisotopic (exact) mass is 590 g/mol. The number of hydrogen-bond donors (Lipinski definition) is 0. The molecule has 3 heteroatoms. The molecule has 1 aliphatic rings. The zero-order valence-corrected chi connectivity index (χ0v) is 25.4. The van der Waals surface area contributed by atoms with E-state index < -0.39 is 0 Å². The molecule has 0 saturated heterocycles. The highest BCUT2D eigenvalue weighted by Crippen LogP contribution is 2.43. The molecule has 0 saturated carbocycles. The first-order chi connectivity index (χ1) is 22.7. The van der Waals surface area contributed by atoms with Gasteiger partial charge < -0.3 is 13.6 Å². The predicted octanol–water partition coefficient (Wildman–Crippen LogP) is 11.5. The fourth-order valence-electron chi connectivity index (χ4n) is 7.91. The Balaban J connectivity index is 1.11. The van der Waals surface area contributed by atoms with Crippen molar-refractivity contribution in [3.8, 4) is 5.69 Å². The van der Waals surface area contributed by atoms with Gasteiger partial charge in [0.05, 0.1) is 22.1 Å². The standard InChI is InChI=1S/C43H30N2O/c1-43(24-10-11-30(27-43)45-39-18-8-4-14-33(39)34-15-5-9-19-40(34)45)28-20-22-41-35(25-28)36-26-29(21-23-42(36)46-41)44-37-16-6-2-12-31(37)32-13-3-7-17-38(32)44/h2-26H,27H2,1H3. The number of furan rings is 1. The molecule has 0 bridgehead atoms. The normalized spacial score (nSPS) is 16.8. The second-order valence-corrected chi connectivity index (χ2v) is 12.8. The Morgan fingerprint density at radius 1 is 0.522 bits per heavy atom. The van der Waals surface area contributed by atoms with Gasteiger partial charge in [-0.25, -0.2) is 0 Å². The molecule has 3 aromatic heterocycles. The van der Waals surface area contributed by atoms with Crippen LogP contribution in [0.3, 0.4) is 0 Å². The maximum absolute atomic E-state index is 6.41. The first-order valence-electron chi connectivity index (χ1n) is 16.0. The van der Waals surface area contributed by atoms with Gasteiger partial charge in [-0.2, -0.15) is 0 Å². The summed E-state index contributed by atoms with van der Waals surface area (Å²) in [6.07, 6.45) is 7.77. The second-order valence-electron chi connectivity index (χ2n) is 12.8. The lowest BCUT2D eigenvalue weighted by atomic mass is 9.75. The fourth-order valence-corrected chi connectivity index (χ4v) is 7.91. The first-order valence-corrected chi connectivity index (χ1v) is 16.0. The molecule has 0 spiro atoms. The van der Waals surface area contributed by atoms with E-state index in [0.29, 0.717) is 0 Å². The van der Waals surface area contributed by atoms with E-state index in [1.165, 1.54) is 54.9 Å². The highest BCUT2D eigenvalue weighted by Gasteiger charge is 2.29. The van der Waals surface area contributed by atoms with E-state index in [0.717, 1.165) is 34.0 Å². The van der Waals surface area contributed by atoms with Gasteiger partial charge >= 0.3 is 0 Å². The maximum atomic E-state index is 6.41. The number of para-hydroxylation sites is 4. The quantitative estimate of drug-likeness (QED) is 0.201. The van der Waals surface area contributed by atoms with Gasteiger partial charge in [-0.05, 0) is 66.2 Å². The molecular formula is C43H30N2O. The molecule has 0 amide bonds. The van der Waals surface area contributed by atoms with Crippen LogP contribution in [0.2, 0.25) is 0 Å². The summed E-state index contributed by atoms with van der Waals surface area (Å²) < 4.78 is 11.2. The van der Waals surface area contributed by atoms with Crippen LogP contribution in [-0.4, -0.2) is 9.13 Å². The van der Waals surface area contributed by atoms with Gasteiger partial charge in [0.1, 0.15) is 11.2 Å². The minimum atomic E-state index is -0.182. The van der Waals surface area contributed by atoms with Gasteiger partial charge in [-0.3, -0.25) is 0 Å². The minimum Gasteiger partial charge on any atom is -0.456 e.